The summed E-state index contributed by atoms with van der Waals surface area (Å²) >= 11 is 1.58. The fourth-order valence-corrected chi connectivity index (χ4v) is 5.05. The fourth-order valence-electron chi connectivity index (χ4n) is 4.14. The molecule has 0 spiro atoms. The number of benzene rings is 1. The number of thioether (sulfide) groups is 1. The Morgan fingerprint density at radius 1 is 1.04 bits per heavy atom. The maximum Gasteiger partial charge on any atom is 0.0720 e. The second kappa shape index (κ2) is 8.33. The highest BCUT2D eigenvalue weighted by Crippen LogP contribution is 2.47. The van der Waals surface area contributed by atoms with Gasteiger partial charge in [0.05, 0.1) is 5.04 Å². The third-order valence-electron chi connectivity index (χ3n) is 6.05. The van der Waals surface area contributed by atoms with Gasteiger partial charge < -0.3 is 0 Å². The molecule has 0 fully saturated rings. The van der Waals surface area contributed by atoms with Gasteiger partial charge in [0.15, 0.2) is 0 Å². The molecule has 0 radical (unpaired) electrons. The van der Waals surface area contributed by atoms with E-state index in [0.29, 0.717) is 5.92 Å². The summed E-state index contributed by atoms with van der Waals surface area (Å²) in [4.78, 5) is 1.02. The van der Waals surface area contributed by atoms with Crippen molar-refractivity contribution in [2.45, 2.75) is 90.9 Å². The van der Waals surface area contributed by atoms with Gasteiger partial charge in [-0.3, -0.25) is 5.41 Å². The molecule has 0 saturated carbocycles. The number of hydrogen-bond acceptors (Lipinski definition) is 2. The van der Waals surface area contributed by atoms with Crippen molar-refractivity contribution in [1.29, 1.82) is 5.41 Å². The average Bonchev–Trinajstić information content (AvgIpc) is 2.58. The van der Waals surface area contributed by atoms with Gasteiger partial charge in [0.25, 0.3) is 0 Å². The van der Waals surface area contributed by atoms with Crippen LogP contribution in [0.4, 0.5) is 0 Å². The Kier molecular flexibility index (Phi) is 6.82. The first-order valence-corrected chi connectivity index (χ1v) is 11.0. The standard InChI is InChI=1S/C24H37NS/c1-8-10-18(11-9-2)22(25)26-17(3)19-12-13-20-21(16-19)24(6,7)15-14-23(20,4)5/h12-13,16,18,25H,3,8-11,14-15H2,1-2,4-7H3. The number of fused-ring (bicyclic) bond motifs is 1. The van der Waals surface area contributed by atoms with Crippen LogP contribution in [0.25, 0.3) is 4.91 Å². The molecule has 144 valence electrons. The lowest BCUT2D eigenvalue weighted by molar-refractivity contribution is 0.332. The molecule has 0 aliphatic heterocycles. The molecule has 0 unspecified atom stereocenters. The Balaban J connectivity index is 2.24. The predicted molar refractivity (Wildman–Crippen MR) is 119 cm³/mol. The van der Waals surface area contributed by atoms with Gasteiger partial charge in [-0.05, 0) is 59.3 Å². The third-order valence-corrected chi connectivity index (χ3v) is 7.09. The smallest absolute Gasteiger partial charge is 0.0720 e. The van der Waals surface area contributed by atoms with Crippen molar-refractivity contribution >= 4 is 21.7 Å². The lowest BCUT2D eigenvalue weighted by Crippen LogP contribution is -2.33. The summed E-state index contributed by atoms with van der Waals surface area (Å²) in [6.07, 6.45) is 6.96. The molecule has 2 rings (SSSR count). The fraction of sp³-hybridized carbons (Fsp3) is 0.625. The van der Waals surface area contributed by atoms with Crippen LogP contribution in [0.1, 0.15) is 96.8 Å². The second-order valence-electron chi connectivity index (χ2n) is 9.19. The van der Waals surface area contributed by atoms with Crippen LogP contribution in [0, 0.1) is 11.3 Å². The quantitative estimate of drug-likeness (QED) is 0.382. The molecule has 0 saturated heterocycles. The van der Waals surface area contributed by atoms with Crippen LogP contribution >= 0.6 is 11.8 Å². The van der Waals surface area contributed by atoms with Crippen molar-refractivity contribution in [3.8, 4) is 0 Å². The summed E-state index contributed by atoms with van der Waals surface area (Å²) in [5.74, 6) is 0.389. The highest BCUT2D eigenvalue weighted by molar-refractivity contribution is 8.21. The van der Waals surface area contributed by atoms with E-state index in [2.05, 4.69) is 66.3 Å². The normalized spacial score (nSPS) is 17.8. The molecule has 0 heterocycles. The van der Waals surface area contributed by atoms with Crippen molar-refractivity contribution in [1.82, 2.24) is 0 Å². The predicted octanol–water partition coefficient (Wildman–Crippen LogP) is 7.93. The van der Waals surface area contributed by atoms with Gasteiger partial charge in [-0.2, -0.15) is 0 Å². The molecule has 0 amide bonds. The molecular formula is C24H37NS. The number of rotatable bonds is 7. The Morgan fingerprint density at radius 3 is 2.12 bits per heavy atom. The van der Waals surface area contributed by atoms with Crippen molar-refractivity contribution in [2.75, 3.05) is 0 Å². The average molecular weight is 372 g/mol. The molecule has 1 aromatic carbocycles. The zero-order chi connectivity index (χ0) is 19.5. The minimum absolute atomic E-state index is 0.215. The van der Waals surface area contributed by atoms with E-state index in [1.807, 2.05) is 0 Å². The Morgan fingerprint density at radius 2 is 1.58 bits per heavy atom. The van der Waals surface area contributed by atoms with E-state index in [9.17, 15) is 0 Å². The molecule has 0 atom stereocenters. The van der Waals surface area contributed by atoms with E-state index < -0.39 is 0 Å². The van der Waals surface area contributed by atoms with Gasteiger partial charge >= 0.3 is 0 Å². The molecule has 1 aliphatic rings. The molecule has 26 heavy (non-hydrogen) atoms. The van der Waals surface area contributed by atoms with Crippen molar-refractivity contribution in [3.63, 3.8) is 0 Å². The molecule has 0 bridgehead atoms. The summed E-state index contributed by atoms with van der Waals surface area (Å²) in [6.45, 7) is 18.2. The van der Waals surface area contributed by atoms with Gasteiger partial charge in [0.1, 0.15) is 0 Å². The van der Waals surface area contributed by atoms with Gasteiger partial charge in [-0.15, -0.1) is 0 Å². The summed E-state index contributed by atoms with van der Waals surface area (Å²) in [6, 6.07) is 6.89. The summed E-state index contributed by atoms with van der Waals surface area (Å²) in [7, 11) is 0. The van der Waals surface area contributed by atoms with Crippen LogP contribution in [0.15, 0.2) is 24.8 Å². The summed E-state index contributed by atoms with van der Waals surface area (Å²) in [5.41, 5.74) is 4.61. The topological polar surface area (TPSA) is 23.9 Å². The van der Waals surface area contributed by atoms with Gasteiger partial charge in [-0.1, -0.05) is 84.9 Å². The monoisotopic (exact) mass is 371 g/mol. The second-order valence-corrected chi connectivity index (χ2v) is 10.3. The molecule has 1 aromatic rings. The Bertz CT molecular complexity index is 663. The summed E-state index contributed by atoms with van der Waals surface area (Å²) < 4.78 is 0. The van der Waals surface area contributed by atoms with Gasteiger partial charge in [0.2, 0.25) is 0 Å². The first-order chi connectivity index (χ1) is 12.1. The van der Waals surface area contributed by atoms with Gasteiger partial charge in [-0.25, -0.2) is 0 Å². The first-order valence-electron chi connectivity index (χ1n) is 10.2. The minimum Gasteiger partial charge on any atom is -0.298 e. The van der Waals surface area contributed by atoms with E-state index in [0.717, 1.165) is 35.6 Å². The molecular weight excluding hydrogens is 334 g/mol. The van der Waals surface area contributed by atoms with E-state index >= 15 is 0 Å². The Hall–Kier alpha value is -1.02. The molecule has 1 aliphatic carbocycles. The van der Waals surface area contributed by atoms with E-state index in [-0.39, 0.29) is 10.8 Å². The van der Waals surface area contributed by atoms with Crippen LogP contribution in [0.3, 0.4) is 0 Å². The SMILES string of the molecule is C=C(SC(=N)C(CCC)CCC)c1ccc2c(c1)C(C)(C)CCC2(C)C. The van der Waals surface area contributed by atoms with Crippen LogP contribution in [-0.4, -0.2) is 5.04 Å². The van der Waals surface area contributed by atoms with Crippen LogP contribution in [0.2, 0.25) is 0 Å². The third kappa shape index (κ3) is 4.63. The molecule has 1 nitrogen and oxygen atoms in total. The van der Waals surface area contributed by atoms with Gasteiger partial charge in [0, 0.05) is 10.8 Å². The minimum atomic E-state index is 0.215. The van der Waals surface area contributed by atoms with Crippen LogP contribution < -0.4 is 0 Å². The summed E-state index contributed by atoms with van der Waals surface area (Å²) in [5, 5.41) is 9.35. The molecule has 0 aromatic heterocycles. The molecule has 2 heteroatoms. The highest BCUT2D eigenvalue weighted by Gasteiger charge is 2.37. The highest BCUT2D eigenvalue weighted by atomic mass is 32.2. The maximum atomic E-state index is 8.56. The Labute approximate surface area is 165 Å². The maximum absolute atomic E-state index is 8.56. The zero-order valence-electron chi connectivity index (χ0n) is 17.7. The van der Waals surface area contributed by atoms with E-state index in [1.165, 1.54) is 29.5 Å². The van der Waals surface area contributed by atoms with Crippen molar-refractivity contribution < 1.29 is 0 Å². The lowest BCUT2D eigenvalue weighted by Gasteiger charge is -2.42. The lowest BCUT2D eigenvalue weighted by atomic mass is 9.63. The van der Waals surface area contributed by atoms with Crippen molar-refractivity contribution in [3.05, 3.63) is 41.5 Å². The largest absolute Gasteiger partial charge is 0.298 e. The van der Waals surface area contributed by atoms with E-state index in [1.54, 1.807) is 11.8 Å². The zero-order valence-corrected chi connectivity index (χ0v) is 18.5. The first kappa shape index (κ1) is 21.3. The molecule has 1 N–H and O–H groups in total. The van der Waals surface area contributed by atoms with Crippen LogP contribution in [0.5, 0.6) is 0 Å². The van der Waals surface area contributed by atoms with E-state index in [4.69, 9.17) is 5.41 Å². The van der Waals surface area contributed by atoms with Crippen LogP contribution in [-0.2, 0) is 10.8 Å². The number of hydrogen-bond donors (Lipinski definition) is 1. The van der Waals surface area contributed by atoms with Crippen molar-refractivity contribution in [2.24, 2.45) is 5.92 Å². The number of nitrogens with one attached hydrogen (secondary N) is 1.